The number of rotatable bonds is 5. The standard InChI is InChI=1S/C22H17N3S/c1-4-10-17(11-5-1)16-23-21-20(18-12-6-2-7-13-18)25-22(26-21)24-19-14-8-3-9-15-19/h1-16H,(H,24,25)/b23-16+. The Kier molecular flexibility index (Phi) is 4.85. The fourth-order valence-electron chi connectivity index (χ4n) is 2.55. The van der Waals surface area contributed by atoms with Crippen LogP contribution in [0.15, 0.2) is 96.0 Å². The van der Waals surface area contributed by atoms with Crippen LogP contribution in [0.1, 0.15) is 5.56 Å². The van der Waals surface area contributed by atoms with Crippen LogP contribution in [0.3, 0.4) is 0 Å². The first-order chi connectivity index (χ1) is 12.9. The summed E-state index contributed by atoms with van der Waals surface area (Å²) in [6.45, 7) is 0. The smallest absolute Gasteiger partial charge is 0.189 e. The number of aromatic nitrogens is 1. The molecule has 0 aliphatic rings. The van der Waals surface area contributed by atoms with Crippen LogP contribution in [0.4, 0.5) is 15.8 Å². The molecule has 1 N–H and O–H groups in total. The van der Waals surface area contributed by atoms with Crippen molar-refractivity contribution in [1.82, 2.24) is 4.98 Å². The van der Waals surface area contributed by atoms with Gasteiger partial charge in [-0.2, -0.15) is 0 Å². The lowest BCUT2D eigenvalue weighted by Gasteiger charge is -2.00. The minimum atomic E-state index is 0.829. The molecule has 0 atom stereocenters. The van der Waals surface area contributed by atoms with Gasteiger partial charge in [0.25, 0.3) is 0 Å². The number of anilines is 2. The quantitative estimate of drug-likeness (QED) is 0.426. The van der Waals surface area contributed by atoms with Crippen molar-refractivity contribution in [2.24, 2.45) is 4.99 Å². The van der Waals surface area contributed by atoms with Gasteiger partial charge in [0.15, 0.2) is 5.13 Å². The van der Waals surface area contributed by atoms with Crippen LogP contribution in [0, 0.1) is 0 Å². The summed E-state index contributed by atoms with van der Waals surface area (Å²) in [6.07, 6.45) is 1.88. The average Bonchev–Trinajstić information content (AvgIpc) is 3.11. The van der Waals surface area contributed by atoms with Crippen molar-refractivity contribution < 1.29 is 0 Å². The predicted molar refractivity (Wildman–Crippen MR) is 111 cm³/mol. The summed E-state index contributed by atoms with van der Waals surface area (Å²) in [5.41, 5.74) is 4.03. The van der Waals surface area contributed by atoms with Crippen molar-refractivity contribution in [3.05, 3.63) is 96.6 Å². The molecule has 0 amide bonds. The highest BCUT2D eigenvalue weighted by Crippen LogP contribution is 2.39. The Balaban J connectivity index is 1.70. The van der Waals surface area contributed by atoms with Crippen molar-refractivity contribution >= 4 is 33.4 Å². The Hall–Kier alpha value is -3.24. The monoisotopic (exact) mass is 355 g/mol. The van der Waals surface area contributed by atoms with Gasteiger partial charge in [-0.3, -0.25) is 0 Å². The molecule has 0 aliphatic heterocycles. The molecule has 0 aliphatic carbocycles. The minimum absolute atomic E-state index is 0.829. The highest BCUT2D eigenvalue weighted by atomic mass is 32.1. The van der Waals surface area contributed by atoms with Crippen molar-refractivity contribution in [3.63, 3.8) is 0 Å². The van der Waals surface area contributed by atoms with E-state index in [0.717, 1.165) is 32.6 Å². The van der Waals surface area contributed by atoms with Crippen molar-refractivity contribution in [3.8, 4) is 11.3 Å². The van der Waals surface area contributed by atoms with Gasteiger partial charge < -0.3 is 5.32 Å². The van der Waals surface area contributed by atoms with Gasteiger partial charge in [0.1, 0.15) is 10.7 Å². The summed E-state index contributed by atoms with van der Waals surface area (Å²) in [6, 6.07) is 30.3. The maximum Gasteiger partial charge on any atom is 0.189 e. The number of nitrogens with one attached hydrogen (secondary N) is 1. The first-order valence-electron chi connectivity index (χ1n) is 8.36. The van der Waals surface area contributed by atoms with Crippen molar-refractivity contribution in [2.45, 2.75) is 0 Å². The Bertz CT molecular complexity index is 994. The number of hydrogen-bond donors (Lipinski definition) is 1. The molecule has 4 heteroatoms. The Morgan fingerprint density at radius 2 is 1.38 bits per heavy atom. The molecular weight excluding hydrogens is 338 g/mol. The van der Waals surface area contributed by atoms with Crippen LogP contribution in [-0.2, 0) is 0 Å². The van der Waals surface area contributed by atoms with Gasteiger partial charge in [-0.05, 0) is 17.7 Å². The highest BCUT2D eigenvalue weighted by molar-refractivity contribution is 7.19. The summed E-state index contributed by atoms with van der Waals surface area (Å²) in [4.78, 5) is 9.49. The highest BCUT2D eigenvalue weighted by Gasteiger charge is 2.12. The van der Waals surface area contributed by atoms with Gasteiger partial charge >= 0.3 is 0 Å². The first-order valence-corrected chi connectivity index (χ1v) is 9.17. The van der Waals surface area contributed by atoms with E-state index in [2.05, 4.69) is 17.4 Å². The number of nitrogens with zero attached hydrogens (tertiary/aromatic N) is 2. The van der Waals surface area contributed by atoms with Gasteiger partial charge in [-0.15, -0.1) is 0 Å². The molecule has 0 radical (unpaired) electrons. The summed E-state index contributed by atoms with van der Waals surface area (Å²) in [5.74, 6) is 0. The van der Waals surface area contributed by atoms with E-state index < -0.39 is 0 Å². The SMILES string of the molecule is C(=N\c1sc(Nc2ccccc2)nc1-c1ccccc1)/c1ccccc1. The first kappa shape index (κ1) is 16.2. The molecule has 26 heavy (non-hydrogen) atoms. The summed E-state index contributed by atoms with van der Waals surface area (Å²) in [5, 5.41) is 5.08. The van der Waals surface area contributed by atoms with Gasteiger partial charge in [-0.25, -0.2) is 9.98 Å². The van der Waals surface area contributed by atoms with Crippen molar-refractivity contribution in [2.75, 3.05) is 5.32 Å². The Labute approximate surface area is 156 Å². The molecule has 4 rings (SSSR count). The molecule has 0 saturated carbocycles. The van der Waals surface area contributed by atoms with E-state index in [1.54, 1.807) is 11.3 Å². The van der Waals surface area contributed by atoms with E-state index in [1.165, 1.54) is 0 Å². The van der Waals surface area contributed by atoms with Gasteiger partial charge in [-0.1, -0.05) is 90.2 Å². The van der Waals surface area contributed by atoms with Crippen LogP contribution >= 0.6 is 11.3 Å². The lowest BCUT2D eigenvalue weighted by Crippen LogP contribution is -1.88. The maximum absolute atomic E-state index is 4.78. The lowest BCUT2D eigenvalue weighted by atomic mass is 10.2. The van der Waals surface area contributed by atoms with E-state index in [0.29, 0.717) is 0 Å². The molecule has 126 valence electrons. The van der Waals surface area contributed by atoms with Crippen LogP contribution in [0.2, 0.25) is 0 Å². The number of para-hydroxylation sites is 1. The zero-order chi connectivity index (χ0) is 17.6. The van der Waals surface area contributed by atoms with E-state index >= 15 is 0 Å². The molecule has 0 saturated heterocycles. The molecule has 1 heterocycles. The molecule has 0 spiro atoms. The molecule has 0 fully saturated rings. The molecule has 1 aromatic heterocycles. The second-order valence-electron chi connectivity index (χ2n) is 5.70. The maximum atomic E-state index is 4.78. The average molecular weight is 355 g/mol. The number of thiazole rings is 1. The molecule has 4 aromatic rings. The summed E-state index contributed by atoms with van der Waals surface area (Å²) < 4.78 is 0. The molecule has 3 nitrogen and oxygen atoms in total. The van der Waals surface area contributed by atoms with E-state index in [1.807, 2.05) is 85.1 Å². The third-order valence-electron chi connectivity index (χ3n) is 3.81. The topological polar surface area (TPSA) is 37.3 Å². The molecule has 3 aromatic carbocycles. The zero-order valence-corrected chi connectivity index (χ0v) is 14.9. The lowest BCUT2D eigenvalue weighted by molar-refractivity contribution is 1.37. The molecule has 0 bridgehead atoms. The third-order valence-corrected chi connectivity index (χ3v) is 4.69. The minimum Gasteiger partial charge on any atom is -0.331 e. The number of aliphatic imine (C=N–C) groups is 1. The number of benzene rings is 3. The zero-order valence-electron chi connectivity index (χ0n) is 14.0. The Morgan fingerprint density at radius 3 is 2.08 bits per heavy atom. The van der Waals surface area contributed by atoms with Crippen LogP contribution in [0.25, 0.3) is 11.3 Å². The molecular formula is C22H17N3S. The fraction of sp³-hybridized carbons (Fsp3) is 0. The Morgan fingerprint density at radius 1 is 0.769 bits per heavy atom. The van der Waals surface area contributed by atoms with E-state index in [9.17, 15) is 0 Å². The summed E-state index contributed by atoms with van der Waals surface area (Å²) >= 11 is 1.55. The molecule has 0 unspecified atom stereocenters. The second kappa shape index (κ2) is 7.76. The van der Waals surface area contributed by atoms with Crippen molar-refractivity contribution in [1.29, 1.82) is 0 Å². The largest absolute Gasteiger partial charge is 0.331 e. The van der Waals surface area contributed by atoms with Crippen LogP contribution in [0.5, 0.6) is 0 Å². The third kappa shape index (κ3) is 3.87. The van der Waals surface area contributed by atoms with Gasteiger partial charge in [0, 0.05) is 17.5 Å². The van der Waals surface area contributed by atoms with Gasteiger partial charge in [0.2, 0.25) is 0 Å². The van der Waals surface area contributed by atoms with Crippen LogP contribution in [-0.4, -0.2) is 11.2 Å². The normalized spacial score (nSPS) is 10.9. The predicted octanol–water partition coefficient (Wildman–Crippen LogP) is 6.30. The van der Waals surface area contributed by atoms with E-state index in [4.69, 9.17) is 9.98 Å². The second-order valence-corrected chi connectivity index (χ2v) is 6.68. The number of hydrogen-bond acceptors (Lipinski definition) is 4. The van der Waals surface area contributed by atoms with Gasteiger partial charge in [0.05, 0.1) is 0 Å². The van der Waals surface area contributed by atoms with E-state index in [-0.39, 0.29) is 0 Å². The summed E-state index contributed by atoms with van der Waals surface area (Å²) in [7, 11) is 0. The van der Waals surface area contributed by atoms with Crippen LogP contribution < -0.4 is 5.32 Å². The fourth-order valence-corrected chi connectivity index (χ4v) is 3.41.